The highest BCUT2D eigenvalue weighted by atomic mass is 35.5. The lowest BCUT2D eigenvalue weighted by Crippen LogP contribution is -2.28. The summed E-state index contributed by atoms with van der Waals surface area (Å²) in [5.74, 6) is -0.326. The van der Waals surface area contributed by atoms with Crippen LogP contribution in [0.25, 0.3) is 0 Å². The van der Waals surface area contributed by atoms with Crippen LogP contribution < -0.4 is 5.32 Å². The first kappa shape index (κ1) is 15.0. The van der Waals surface area contributed by atoms with Crippen molar-refractivity contribution >= 4 is 23.2 Å². The second kappa shape index (κ2) is 5.92. The Balaban J connectivity index is 1.98. The zero-order valence-corrected chi connectivity index (χ0v) is 12.2. The molecule has 0 aliphatic rings. The highest BCUT2D eigenvalue weighted by Crippen LogP contribution is 2.16. The van der Waals surface area contributed by atoms with Crippen molar-refractivity contribution < 1.29 is 9.72 Å². The van der Waals surface area contributed by atoms with Gasteiger partial charge >= 0.3 is 5.69 Å². The minimum Gasteiger partial charge on any atom is -0.349 e. The number of aromatic nitrogens is 4. The lowest BCUT2D eigenvalue weighted by atomic mass is 10.4. The van der Waals surface area contributed by atoms with Crippen LogP contribution in [-0.2, 0) is 24.9 Å². The van der Waals surface area contributed by atoms with Gasteiger partial charge < -0.3 is 5.32 Å². The van der Waals surface area contributed by atoms with Gasteiger partial charge in [-0.15, -0.1) is 0 Å². The number of carbonyl (C=O) groups is 1. The predicted octanol–water partition coefficient (Wildman–Crippen LogP) is 0.803. The molecule has 0 aliphatic carbocycles. The number of nitrogens with zero attached hydrogens (tertiary/aromatic N) is 5. The molecule has 0 spiro atoms. The summed E-state index contributed by atoms with van der Waals surface area (Å²) >= 11 is 5.92. The molecule has 0 saturated carbocycles. The van der Waals surface area contributed by atoms with E-state index >= 15 is 0 Å². The second-order valence-electron chi connectivity index (χ2n) is 4.37. The van der Waals surface area contributed by atoms with Crippen LogP contribution in [0.2, 0.25) is 5.02 Å². The fourth-order valence-corrected chi connectivity index (χ4v) is 2.02. The number of aryl methyl sites for hydroxylation is 1. The molecule has 0 radical (unpaired) electrons. The van der Waals surface area contributed by atoms with Gasteiger partial charge in [0.05, 0.1) is 28.4 Å². The number of amides is 1. The molecule has 1 amide bonds. The quantitative estimate of drug-likeness (QED) is 0.649. The number of halogens is 1. The van der Waals surface area contributed by atoms with Crippen LogP contribution in [0.5, 0.6) is 0 Å². The third kappa shape index (κ3) is 3.19. The lowest BCUT2D eigenvalue weighted by Gasteiger charge is -2.07. The van der Waals surface area contributed by atoms with Crippen molar-refractivity contribution in [3.63, 3.8) is 0 Å². The van der Waals surface area contributed by atoms with Crippen LogP contribution in [0.4, 0.5) is 5.69 Å². The van der Waals surface area contributed by atoms with E-state index in [4.69, 9.17) is 11.6 Å². The summed E-state index contributed by atoms with van der Waals surface area (Å²) in [5, 5.41) is 21.6. The van der Waals surface area contributed by atoms with Gasteiger partial charge in [0.25, 0.3) is 0 Å². The highest BCUT2D eigenvalue weighted by Gasteiger charge is 2.18. The van der Waals surface area contributed by atoms with Crippen LogP contribution >= 0.6 is 11.6 Å². The van der Waals surface area contributed by atoms with Crippen LogP contribution in [0.1, 0.15) is 11.4 Å². The Morgan fingerprint density at radius 1 is 1.48 bits per heavy atom. The van der Waals surface area contributed by atoms with E-state index in [1.54, 1.807) is 11.7 Å². The van der Waals surface area contributed by atoms with E-state index in [1.807, 2.05) is 0 Å². The molecule has 10 heteroatoms. The monoisotopic (exact) mass is 312 g/mol. The number of rotatable bonds is 5. The van der Waals surface area contributed by atoms with Gasteiger partial charge in [0.1, 0.15) is 18.4 Å². The van der Waals surface area contributed by atoms with E-state index in [-0.39, 0.29) is 24.7 Å². The number of carbonyl (C=O) groups excluding carboxylic acids is 1. The molecule has 0 fully saturated rings. The first-order chi connectivity index (χ1) is 9.90. The molecule has 9 nitrogen and oxygen atoms in total. The van der Waals surface area contributed by atoms with Gasteiger partial charge in [-0.2, -0.15) is 10.2 Å². The molecule has 2 aromatic rings. The number of nitro groups is 1. The molecule has 0 bridgehead atoms. The normalized spacial score (nSPS) is 10.6. The maximum absolute atomic E-state index is 11.8. The van der Waals surface area contributed by atoms with E-state index in [1.165, 1.54) is 17.8 Å². The van der Waals surface area contributed by atoms with Crippen molar-refractivity contribution in [1.82, 2.24) is 24.9 Å². The van der Waals surface area contributed by atoms with Gasteiger partial charge in [0.15, 0.2) is 0 Å². The maximum Gasteiger partial charge on any atom is 0.309 e. The standard InChI is InChI=1S/C11H13ClN6O3/c1-7-9(18(20)21)5-15-17(7)6-11(19)13-4-10-8(12)3-14-16(10)2/h3,5H,4,6H2,1-2H3,(H,13,19). The molecule has 2 rings (SSSR count). The molecule has 0 aliphatic heterocycles. The second-order valence-corrected chi connectivity index (χ2v) is 4.78. The average Bonchev–Trinajstić information content (AvgIpc) is 2.92. The predicted molar refractivity (Wildman–Crippen MR) is 73.7 cm³/mol. The van der Waals surface area contributed by atoms with Gasteiger partial charge in [-0.05, 0) is 6.92 Å². The average molecular weight is 313 g/mol. The Morgan fingerprint density at radius 3 is 2.71 bits per heavy atom. The summed E-state index contributed by atoms with van der Waals surface area (Å²) in [5.41, 5.74) is 0.888. The molecular weight excluding hydrogens is 300 g/mol. The molecule has 2 aromatic heterocycles. The summed E-state index contributed by atoms with van der Waals surface area (Å²) in [6.07, 6.45) is 2.62. The Morgan fingerprint density at radius 2 is 2.19 bits per heavy atom. The molecule has 112 valence electrons. The molecule has 0 unspecified atom stereocenters. The van der Waals surface area contributed by atoms with Gasteiger partial charge in [-0.25, -0.2) is 0 Å². The molecule has 21 heavy (non-hydrogen) atoms. The van der Waals surface area contributed by atoms with E-state index < -0.39 is 4.92 Å². The first-order valence-corrected chi connectivity index (χ1v) is 6.37. The number of nitrogens with one attached hydrogen (secondary N) is 1. The van der Waals surface area contributed by atoms with Crippen molar-refractivity contribution in [2.24, 2.45) is 7.05 Å². The third-order valence-electron chi connectivity index (χ3n) is 3.03. The summed E-state index contributed by atoms with van der Waals surface area (Å²) < 4.78 is 2.84. The van der Waals surface area contributed by atoms with Gasteiger partial charge in [0, 0.05) is 7.05 Å². The fraction of sp³-hybridized carbons (Fsp3) is 0.364. The van der Waals surface area contributed by atoms with E-state index in [9.17, 15) is 14.9 Å². The molecular formula is C11H13ClN6O3. The van der Waals surface area contributed by atoms with Crippen LogP contribution in [0.3, 0.4) is 0 Å². The molecule has 0 saturated heterocycles. The minimum atomic E-state index is -0.536. The minimum absolute atomic E-state index is 0.102. The zero-order chi connectivity index (χ0) is 15.6. The largest absolute Gasteiger partial charge is 0.349 e. The van der Waals surface area contributed by atoms with Crippen molar-refractivity contribution in [1.29, 1.82) is 0 Å². The topological polar surface area (TPSA) is 108 Å². The number of hydrogen-bond acceptors (Lipinski definition) is 5. The zero-order valence-electron chi connectivity index (χ0n) is 11.4. The maximum atomic E-state index is 11.8. The van der Waals surface area contributed by atoms with Crippen LogP contribution in [-0.4, -0.2) is 30.4 Å². The van der Waals surface area contributed by atoms with E-state index in [0.29, 0.717) is 16.4 Å². The summed E-state index contributed by atoms with van der Waals surface area (Å²) in [7, 11) is 1.72. The van der Waals surface area contributed by atoms with Crippen molar-refractivity contribution in [3.05, 3.63) is 38.9 Å². The summed E-state index contributed by atoms with van der Waals surface area (Å²) in [6, 6.07) is 0. The summed E-state index contributed by atoms with van der Waals surface area (Å²) in [4.78, 5) is 22.0. The van der Waals surface area contributed by atoms with Gasteiger partial charge in [0.2, 0.25) is 5.91 Å². The Hall–Kier alpha value is -2.42. The Bertz CT molecular complexity index is 673. The molecule has 2 heterocycles. The number of hydrogen-bond donors (Lipinski definition) is 1. The van der Waals surface area contributed by atoms with Crippen molar-refractivity contribution in [2.45, 2.75) is 20.0 Å². The SMILES string of the molecule is Cc1c([N+](=O)[O-])cnn1CC(=O)NCc1c(Cl)cnn1C. The van der Waals surface area contributed by atoms with Crippen molar-refractivity contribution in [2.75, 3.05) is 0 Å². The Labute approximate surface area is 124 Å². The molecule has 0 atom stereocenters. The summed E-state index contributed by atoms with van der Waals surface area (Å²) in [6.45, 7) is 1.65. The molecule has 0 aromatic carbocycles. The lowest BCUT2D eigenvalue weighted by molar-refractivity contribution is -0.385. The van der Waals surface area contributed by atoms with Crippen LogP contribution in [0, 0.1) is 17.0 Å². The fourth-order valence-electron chi connectivity index (χ4n) is 1.78. The Kier molecular flexibility index (Phi) is 4.22. The van der Waals surface area contributed by atoms with E-state index in [0.717, 1.165) is 6.20 Å². The first-order valence-electron chi connectivity index (χ1n) is 6.00. The van der Waals surface area contributed by atoms with Crippen LogP contribution in [0.15, 0.2) is 12.4 Å². The smallest absolute Gasteiger partial charge is 0.309 e. The van der Waals surface area contributed by atoms with E-state index in [2.05, 4.69) is 15.5 Å². The third-order valence-corrected chi connectivity index (χ3v) is 3.35. The van der Waals surface area contributed by atoms with Gasteiger partial charge in [-0.1, -0.05) is 11.6 Å². The van der Waals surface area contributed by atoms with Crippen molar-refractivity contribution in [3.8, 4) is 0 Å². The highest BCUT2D eigenvalue weighted by molar-refractivity contribution is 6.31. The van der Waals surface area contributed by atoms with Gasteiger partial charge in [-0.3, -0.25) is 24.3 Å². The molecule has 1 N–H and O–H groups in total.